The van der Waals surface area contributed by atoms with Gasteiger partial charge in [0.25, 0.3) is 11.5 Å². The van der Waals surface area contributed by atoms with Crippen molar-refractivity contribution in [2.75, 3.05) is 0 Å². The van der Waals surface area contributed by atoms with Crippen LogP contribution in [0.3, 0.4) is 0 Å². The zero-order chi connectivity index (χ0) is 17.3. The number of Topliss-reactive ketones (excluding diaryl/α,β-unsaturated/α-hetero) is 1. The largest absolute Gasteiger partial charge is 0.348 e. The molecule has 1 aliphatic carbocycles. The fourth-order valence-corrected chi connectivity index (χ4v) is 2.98. The van der Waals surface area contributed by atoms with Crippen LogP contribution in [0.2, 0.25) is 0 Å². The highest BCUT2D eigenvalue weighted by Crippen LogP contribution is 2.33. The Balaban J connectivity index is 1.84. The summed E-state index contributed by atoms with van der Waals surface area (Å²) in [6, 6.07) is 5.02. The van der Waals surface area contributed by atoms with E-state index < -0.39 is 11.5 Å². The number of rotatable bonds is 3. The number of carbonyl (C=O) groups is 2. The first kappa shape index (κ1) is 16.1. The molecule has 0 spiro atoms. The van der Waals surface area contributed by atoms with Gasteiger partial charge in [-0.15, -0.1) is 0 Å². The van der Waals surface area contributed by atoms with E-state index >= 15 is 0 Å². The van der Waals surface area contributed by atoms with E-state index in [0.717, 1.165) is 5.56 Å². The molecule has 0 fully saturated rings. The van der Waals surface area contributed by atoms with Crippen LogP contribution in [0.25, 0.3) is 0 Å². The lowest BCUT2D eigenvalue weighted by molar-refractivity contribution is 0.0910. The highest BCUT2D eigenvalue weighted by atomic mass is 16.2. The molecule has 124 valence electrons. The van der Waals surface area contributed by atoms with E-state index in [0.29, 0.717) is 24.1 Å². The predicted octanol–water partition coefficient (Wildman–Crippen LogP) is 1.85. The molecule has 2 N–H and O–H groups in total. The summed E-state index contributed by atoms with van der Waals surface area (Å²) in [5, 5.41) is 2.68. The van der Waals surface area contributed by atoms with Crippen molar-refractivity contribution < 1.29 is 9.59 Å². The maximum absolute atomic E-state index is 12.3. The van der Waals surface area contributed by atoms with Crippen molar-refractivity contribution in [2.45, 2.75) is 33.2 Å². The molecular formula is C18H19N3O3. The van der Waals surface area contributed by atoms with Crippen LogP contribution in [0.5, 0.6) is 0 Å². The van der Waals surface area contributed by atoms with E-state index in [-0.39, 0.29) is 23.3 Å². The van der Waals surface area contributed by atoms with Crippen molar-refractivity contribution in [3.63, 3.8) is 0 Å². The number of hydrogen-bond donors (Lipinski definition) is 2. The average molecular weight is 325 g/mol. The molecule has 6 heteroatoms. The maximum Gasteiger partial charge on any atom is 0.261 e. The van der Waals surface area contributed by atoms with Crippen molar-refractivity contribution in [1.82, 2.24) is 15.3 Å². The number of ketones is 1. The van der Waals surface area contributed by atoms with Crippen LogP contribution in [-0.2, 0) is 13.0 Å². The minimum absolute atomic E-state index is 0.0364. The minimum Gasteiger partial charge on any atom is -0.348 e. The summed E-state index contributed by atoms with van der Waals surface area (Å²) in [4.78, 5) is 43.5. The maximum atomic E-state index is 12.3. The summed E-state index contributed by atoms with van der Waals surface area (Å²) < 4.78 is 0. The summed E-state index contributed by atoms with van der Waals surface area (Å²) in [6.07, 6.45) is 4.30. The lowest BCUT2D eigenvalue weighted by Gasteiger charge is -2.29. The lowest BCUT2D eigenvalue weighted by atomic mass is 9.75. The summed E-state index contributed by atoms with van der Waals surface area (Å²) in [5.74, 6) is -0.542. The smallest absolute Gasteiger partial charge is 0.261 e. The average Bonchev–Trinajstić information content (AvgIpc) is 2.52. The Morgan fingerprint density at radius 2 is 2.12 bits per heavy atom. The molecule has 2 aromatic rings. The zero-order valence-electron chi connectivity index (χ0n) is 13.7. The molecule has 1 amide bonds. The van der Waals surface area contributed by atoms with Gasteiger partial charge >= 0.3 is 0 Å². The molecule has 0 bridgehead atoms. The lowest BCUT2D eigenvalue weighted by Crippen LogP contribution is -2.34. The van der Waals surface area contributed by atoms with Gasteiger partial charge < -0.3 is 10.3 Å². The second kappa shape index (κ2) is 6.03. The molecule has 1 aliphatic rings. The van der Waals surface area contributed by atoms with Crippen molar-refractivity contribution in [2.24, 2.45) is 5.41 Å². The number of fused-ring (bicyclic) bond motifs is 1. The summed E-state index contributed by atoms with van der Waals surface area (Å²) in [7, 11) is 0. The van der Waals surface area contributed by atoms with Gasteiger partial charge in [-0.25, -0.2) is 0 Å². The Kier molecular flexibility index (Phi) is 4.05. The number of nitrogens with one attached hydrogen (secondary N) is 2. The van der Waals surface area contributed by atoms with Gasteiger partial charge in [-0.1, -0.05) is 19.9 Å². The Labute approximate surface area is 139 Å². The number of carbonyl (C=O) groups excluding carboxylic acids is 2. The van der Waals surface area contributed by atoms with Crippen LogP contribution < -0.4 is 10.9 Å². The van der Waals surface area contributed by atoms with Gasteiger partial charge in [-0.05, 0) is 29.5 Å². The van der Waals surface area contributed by atoms with E-state index in [1.807, 2.05) is 19.9 Å². The summed E-state index contributed by atoms with van der Waals surface area (Å²) in [6.45, 7) is 4.24. The first-order chi connectivity index (χ1) is 11.4. The number of amides is 1. The van der Waals surface area contributed by atoms with Crippen LogP contribution >= 0.6 is 0 Å². The van der Waals surface area contributed by atoms with Crippen LogP contribution in [0.4, 0.5) is 0 Å². The topological polar surface area (TPSA) is 91.9 Å². The second-order valence-electron chi connectivity index (χ2n) is 6.89. The zero-order valence-corrected chi connectivity index (χ0v) is 13.7. The fraction of sp³-hybridized carbons (Fsp3) is 0.333. The number of aromatic amines is 1. The molecule has 0 aromatic carbocycles. The quantitative estimate of drug-likeness (QED) is 0.901. The highest BCUT2D eigenvalue weighted by Gasteiger charge is 2.32. The molecule has 24 heavy (non-hydrogen) atoms. The number of aromatic nitrogens is 2. The highest BCUT2D eigenvalue weighted by molar-refractivity contribution is 6.02. The van der Waals surface area contributed by atoms with Crippen molar-refractivity contribution >= 4 is 11.7 Å². The fourth-order valence-electron chi connectivity index (χ4n) is 2.98. The van der Waals surface area contributed by atoms with Crippen molar-refractivity contribution in [3.05, 3.63) is 63.3 Å². The third-order valence-electron chi connectivity index (χ3n) is 4.14. The third kappa shape index (κ3) is 3.27. The van der Waals surface area contributed by atoms with E-state index in [2.05, 4.69) is 15.3 Å². The number of pyridine rings is 2. The first-order valence-electron chi connectivity index (χ1n) is 7.82. The van der Waals surface area contributed by atoms with Crippen LogP contribution in [0.15, 0.2) is 35.4 Å². The van der Waals surface area contributed by atoms with Crippen molar-refractivity contribution in [3.8, 4) is 0 Å². The van der Waals surface area contributed by atoms with Gasteiger partial charge in [0, 0.05) is 36.6 Å². The van der Waals surface area contributed by atoms with Gasteiger partial charge in [0.2, 0.25) is 0 Å². The normalized spacial score (nSPS) is 15.7. The van der Waals surface area contributed by atoms with E-state index in [1.165, 1.54) is 6.07 Å². The molecule has 2 heterocycles. The van der Waals surface area contributed by atoms with Gasteiger partial charge in [-0.2, -0.15) is 0 Å². The van der Waals surface area contributed by atoms with Gasteiger partial charge in [-0.3, -0.25) is 19.4 Å². The molecule has 3 rings (SSSR count). The van der Waals surface area contributed by atoms with E-state index in [1.54, 1.807) is 18.5 Å². The molecule has 0 aliphatic heterocycles. The number of nitrogens with zero attached hydrogens (tertiary/aromatic N) is 1. The van der Waals surface area contributed by atoms with E-state index in [4.69, 9.17) is 0 Å². The van der Waals surface area contributed by atoms with Gasteiger partial charge in [0.1, 0.15) is 5.56 Å². The molecule has 0 saturated heterocycles. The number of hydrogen-bond acceptors (Lipinski definition) is 4. The van der Waals surface area contributed by atoms with Crippen LogP contribution in [0.1, 0.15) is 52.2 Å². The predicted molar refractivity (Wildman–Crippen MR) is 88.9 cm³/mol. The molecule has 6 nitrogen and oxygen atoms in total. The van der Waals surface area contributed by atoms with Crippen molar-refractivity contribution in [1.29, 1.82) is 0 Å². The third-order valence-corrected chi connectivity index (χ3v) is 4.14. The van der Waals surface area contributed by atoms with Gasteiger partial charge in [0.05, 0.1) is 0 Å². The SMILES string of the molecule is CC1(C)CC(=O)c2cc(C(=O)NCc3cccnc3)c(=O)[nH]c2C1. The molecular weight excluding hydrogens is 306 g/mol. The van der Waals surface area contributed by atoms with Gasteiger partial charge in [0.15, 0.2) is 5.78 Å². The Morgan fingerprint density at radius 1 is 1.33 bits per heavy atom. The minimum atomic E-state index is -0.500. The van der Waals surface area contributed by atoms with E-state index in [9.17, 15) is 14.4 Å². The molecule has 2 aromatic heterocycles. The summed E-state index contributed by atoms with van der Waals surface area (Å²) in [5.41, 5.74) is 1.20. The monoisotopic (exact) mass is 325 g/mol. The molecule has 0 unspecified atom stereocenters. The van der Waals surface area contributed by atoms with Crippen LogP contribution in [-0.4, -0.2) is 21.7 Å². The molecule has 0 atom stereocenters. The Hall–Kier alpha value is -2.76. The summed E-state index contributed by atoms with van der Waals surface area (Å²) >= 11 is 0. The standard InChI is InChI=1S/C18H19N3O3/c1-18(2)7-14-12(15(22)8-18)6-13(17(24)21-14)16(23)20-10-11-4-3-5-19-9-11/h3-6,9H,7-8,10H2,1-2H3,(H,20,23)(H,21,24). The number of H-pyrrole nitrogens is 1. The second-order valence-corrected chi connectivity index (χ2v) is 6.89. The Bertz CT molecular complexity index is 854. The first-order valence-corrected chi connectivity index (χ1v) is 7.82. The van der Waals surface area contributed by atoms with Crippen LogP contribution in [0, 0.1) is 5.41 Å². The Morgan fingerprint density at radius 3 is 2.83 bits per heavy atom. The molecule has 0 saturated carbocycles. The molecule has 0 radical (unpaired) electrons.